The highest BCUT2D eigenvalue weighted by molar-refractivity contribution is 5.90. The van der Waals surface area contributed by atoms with Gasteiger partial charge in [-0.3, -0.25) is 9.59 Å². The highest BCUT2D eigenvalue weighted by atomic mass is 16.8. The summed E-state index contributed by atoms with van der Waals surface area (Å²) < 4.78 is 71.1. The molecule has 0 bridgehead atoms. The van der Waals surface area contributed by atoms with E-state index in [1.54, 1.807) is 6.07 Å². The number of phenols is 3. The summed E-state index contributed by atoms with van der Waals surface area (Å²) in [5.74, 6) is -9.64. The van der Waals surface area contributed by atoms with Crippen LogP contribution in [0.1, 0.15) is 35.3 Å². The summed E-state index contributed by atoms with van der Waals surface area (Å²) >= 11 is 0. The molecule has 4 aliphatic heterocycles. The van der Waals surface area contributed by atoms with Crippen LogP contribution in [0.2, 0.25) is 0 Å². The lowest BCUT2D eigenvalue weighted by molar-refractivity contribution is -0.421. The minimum Gasteiger partial charge on any atom is -0.508 e. The summed E-state index contributed by atoms with van der Waals surface area (Å²) in [6.45, 7) is -3.12. The van der Waals surface area contributed by atoms with Gasteiger partial charge in [0.1, 0.15) is 105 Å². The normalized spacial score (nSPS) is 33.8. The van der Waals surface area contributed by atoms with Crippen molar-refractivity contribution in [2.24, 2.45) is 0 Å². The van der Waals surface area contributed by atoms with Gasteiger partial charge < -0.3 is 118 Å². The molecule has 29 heteroatoms. The van der Waals surface area contributed by atoms with E-state index in [2.05, 4.69) is 0 Å². The molecule has 0 saturated carbocycles. The van der Waals surface area contributed by atoms with Gasteiger partial charge in [-0.2, -0.15) is 0 Å². The van der Waals surface area contributed by atoms with Crippen molar-refractivity contribution in [3.05, 3.63) is 102 Å². The van der Waals surface area contributed by atoms with Crippen molar-refractivity contribution in [2.45, 2.75) is 130 Å². The highest BCUT2D eigenvalue weighted by Gasteiger charge is 2.64. The van der Waals surface area contributed by atoms with E-state index >= 15 is 0 Å². The standard InChI is InChI=1S/C53H62O29/c1-24(56)71-21-34-39(64)42(67)44(69)51(75-34)78-46-45(77-37(62)17-11-26-8-13-29(58)14-9-26)35(22-72-25(2)57)76-52(47(46)79-50-43(68)41(66)38(63)32(19-54)74-50)82-53(23-73-36(61)16-12-27-10-15-30(59)31(60)18-27)48(40(65)33(20-55)81-53)80-49(70)28-6-4-3-5-7-28/h3-18,32-35,38-48,50-52,54-55,58-60,63-69H,19-23H2,1-2H3/t32-,33-,34-,35-,38+,39-,40+,41-,42+,43-,44-,45+,46-,47+,48-,50-,51-,52-,53+/m1/s1. The summed E-state index contributed by atoms with van der Waals surface area (Å²) in [6.07, 6.45) is -34.0. The van der Waals surface area contributed by atoms with Crippen molar-refractivity contribution < 1.29 is 142 Å². The fourth-order valence-corrected chi connectivity index (χ4v) is 8.91. The molecule has 448 valence electrons. The van der Waals surface area contributed by atoms with Crippen molar-refractivity contribution in [3.8, 4) is 17.2 Å². The van der Waals surface area contributed by atoms with Gasteiger partial charge in [0.15, 0.2) is 42.6 Å². The number of rotatable bonds is 21. The SMILES string of the molecule is CC(=O)OC[C@H]1O[C@H](O[C@H]2[C@H](O[C@H]3O[C@H](CO)[C@H](O)[C@@H](O)[C@H]3O)[C@@H](O[C@]3(COC(=O)C=Cc4ccc(O)c(O)c4)O[C@H](CO)[C@H](O)[C@H]3OC(=O)c3ccccc3)O[C@H](COC(C)=O)[C@@H]2OC(=O)C=Cc2ccc(O)cc2)[C@H](O)[C@@H](O)[C@@H]1O. The van der Waals surface area contributed by atoms with Crippen LogP contribution in [-0.4, -0.2) is 240 Å². The third-order valence-electron chi connectivity index (χ3n) is 13.2. The topological polar surface area (TPSA) is 439 Å². The first-order valence-electron chi connectivity index (χ1n) is 25.2. The first-order chi connectivity index (χ1) is 39.0. The molecule has 29 nitrogen and oxygen atoms in total. The maximum atomic E-state index is 14.0. The number of phenolic OH excluding ortho intramolecular Hbond substituents is 3. The van der Waals surface area contributed by atoms with Crippen LogP contribution in [-0.2, 0) is 76.0 Å². The largest absolute Gasteiger partial charge is 0.508 e. The fraction of sp³-hybridized carbons (Fsp3) is 0.491. The van der Waals surface area contributed by atoms with E-state index in [1.165, 1.54) is 60.7 Å². The molecular weight excluding hydrogens is 1100 g/mol. The van der Waals surface area contributed by atoms with Gasteiger partial charge in [0, 0.05) is 26.0 Å². The molecule has 4 fully saturated rings. The Morgan fingerprint density at radius 3 is 1.70 bits per heavy atom. The lowest BCUT2D eigenvalue weighted by Gasteiger charge is -2.50. The van der Waals surface area contributed by atoms with E-state index in [1.807, 2.05) is 0 Å². The van der Waals surface area contributed by atoms with Crippen LogP contribution in [0, 0.1) is 0 Å². The Bertz CT molecular complexity index is 2700. The number of aliphatic hydroxyl groups excluding tert-OH is 9. The molecule has 4 heterocycles. The summed E-state index contributed by atoms with van der Waals surface area (Å²) in [5.41, 5.74) is 0.368. The molecule has 3 aromatic carbocycles. The molecule has 4 saturated heterocycles. The second kappa shape index (κ2) is 28.0. The van der Waals surface area contributed by atoms with E-state index in [0.29, 0.717) is 5.56 Å². The van der Waals surface area contributed by atoms with Crippen molar-refractivity contribution in [2.75, 3.05) is 33.0 Å². The molecule has 3 aromatic rings. The van der Waals surface area contributed by atoms with Gasteiger partial charge in [-0.1, -0.05) is 36.4 Å². The molecule has 12 N–H and O–H groups in total. The smallest absolute Gasteiger partial charge is 0.338 e. The van der Waals surface area contributed by atoms with Crippen molar-refractivity contribution in [1.29, 1.82) is 0 Å². The number of carbonyl (C=O) groups excluding carboxylic acids is 5. The predicted molar refractivity (Wildman–Crippen MR) is 266 cm³/mol. The van der Waals surface area contributed by atoms with Crippen molar-refractivity contribution in [1.82, 2.24) is 0 Å². The van der Waals surface area contributed by atoms with Gasteiger partial charge in [-0.25, -0.2) is 14.4 Å². The van der Waals surface area contributed by atoms with Gasteiger partial charge in [0.25, 0.3) is 0 Å². The number of hydrogen-bond donors (Lipinski definition) is 12. The molecule has 0 aromatic heterocycles. The summed E-state index contributed by atoms with van der Waals surface area (Å²) in [5, 5.41) is 129. The Kier molecular flexibility index (Phi) is 21.5. The van der Waals surface area contributed by atoms with Crippen LogP contribution < -0.4 is 0 Å². The van der Waals surface area contributed by atoms with Gasteiger partial charge in [0.05, 0.1) is 18.8 Å². The Labute approximate surface area is 465 Å². The van der Waals surface area contributed by atoms with Crippen LogP contribution in [0.3, 0.4) is 0 Å². The minimum atomic E-state index is -2.96. The number of aliphatic hydroxyl groups is 9. The van der Waals surface area contributed by atoms with Crippen LogP contribution in [0.15, 0.2) is 84.9 Å². The third kappa shape index (κ3) is 15.3. The Hall–Kier alpha value is -6.75. The highest BCUT2D eigenvalue weighted by Crippen LogP contribution is 2.42. The molecule has 0 aliphatic carbocycles. The van der Waals surface area contributed by atoms with E-state index in [-0.39, 0.29) is 16.9 Å². The van der Waals surface area contributed by atoms with E-state index in [4.69, 9.17) is 56.8 Å². The first-order valence-corrected chi connectivity index (χ1v) is 25.2. The first kappa shape index (κ1) is 62.8. The Morgan fingerprint density at radius 1 is 0.537 bits per heavy atom. The second-order valence-electron chi connectivity index (χ2n) is 19.0. The molecule has 0 radical (unpaired) electrons. The van der Waals surface area contributed by atoms with E-state index in [0.717, 1.165) is 44.2 Å². The number of aromatic hydroxyl groups is 3. The summed E-state index contributed by atoms with van der Waals surface area (Å²) in [7, 11) is 0. The van der Waals surface area contributed by atoms with Gasteiger partial charge in [-0.05, 0) is 59.7 Å². The van der Waals surface area contributed by atoms with Gasteiger partial charge >= 0.3 is 29.8 Å². The van der Waals surface area contributed by atoms with Crippen molar-refractivity contribution in [3.63, 3.8) is 0 Å². The van der Waals surface area contributed by atoms with E-state index in [9.17, 15) is 85.3 Å². The monoisotopic (exact) mass is 1160 g/mol. The number of hydrogen-bond acceptors (Lipinski definition) is 29. The van der Waals surface area contributed by atoms with Crippen LogP contribution in [0.5, 0.6) is 17.2 Å². The predicted octanol–water partition coefficient (Wildman–Crippen LogP) is -3.10. The molecule has 0 unspecified atom stereocenters. The number of benzene rings is 3. The Balaban J connectivity index is 1.39. The second-order valence-corrected chi connectivity index (χ2v) is 19.0. The lowest BCUT2D eigenvalue weighted by atomic mass is 9.95. The Morgan fingerprint density at radius 2 is 1.09 bits per heavy atom. The maximum Gasteiger partial charge on any atom is 0.338 e. The summed E-state index contributed by atoms with van der Waals surface area (Å²) in [4.78, 5) is 66.1. The fourth-order valence-electron chi connectivity index (χ4n) is 8.91. The van der Waals surface area contributed by atoms with Crippen molar-refractivity contribution >= 4 is 42.0 Å². The molecule has 19 atom stereocenters. The lowest BCUT2D eigenvalue weighted by Crippen LogP contribution is -2.69. The summed E-state index contributed by atoms with van der Waals surface area (Å²) in [6, 6.07) is 16.0. The molecular formula is C53H62O29. The molecule has 0 amide bonds. The minimum absolute atomic E-state index is 0.121. The maximum absolute atomic E-state index is 14.0. The molecule has 82 heavy (non-hydrogen) atoms. The molecule has 4 aliphatic rings. The average molecular weight is 1160 g/mol. The zero-order valence-corrected chi connectivity index (χ0v) is 43.5. The average Bonchev–Trinajstić information content (AvgIpc) is 3.19. The number of carbonyl (C=O) groups is 5. The molecule has 7 rings (SSSR count). The third-order valence-corrected chi connectivity index (χ3v) is 13.2. The quantitative estimate of drug-likeness (QED) is 0.0218. The zero-order chi connectivity index (χ0) is 59.6. The van der Waals surface area contributed by atoms with Crippen LogP contribution in [0.25, 0.3) is 12.2 Å². The van der Waals surface area contributed by atoms with Crippen LogP contribution >= 0.6 is 0 Å². The van der Waals surface area contributed by atoms with E-state index < -0.39 is 191 Å². The zero-order valence-electron chi connectivity index (χ0n) is 43.5. The van der Waals surface area contributed by atoms with Gasteiger partial charge in [0.2, 0.25) is 5.79 Å². The van der Waals surface area contributed by atoms with Crippen LogP contribution in [0.4, 0.5) is 0 Å². The van der Waals surface area contributed by atoms with Gasteiger partial charge in [-0.15, -0.1) is 0 Å². The number of esters is 5. The molecule has 0 spiro atoms. The number of ether oxygens (including phenoxy) is 12.